The summed E-state index contributed by atoms with van der Waals surface area (Å²) in [5.41, 5.74) is 4.25. The molecular formula is C24H23N7O4. The van der Waals surface area contributed by atoms with Gasteiger partial charge in [0.25, 0.3) is 11.5 Å². The summed E-state index contributed by atoms with van der Waals surface area (Å²) in [5.74, 6) is -0.541. The smallest absolute Gasteiger partial charge is 0.333 e. The fourth-order valence-corrected chi connectivity index (χ4v) is 4.01. The van der Waals surface area contributed by atoms with Gasteiger partial charge in [-0.3, -0.25) is 19.6 Å². The van der Waals surface area contributed by atoms with E-state index in [-0.39, 0.29) is 17.7 Å². The summed E-state index contributed by atoms with van der Waals surface area (Å²) in [4.78, 5) is 48.3. The Labute approximate surface area is 198 Å². The molecule has 3 aromatic heterocycles. The molecule has 0 atom stereocenters. The van der Waals surface area contributed by atoms with Crippen molar-refractivity contribution in [3.05, 3.63) is 93.7 Å². The molecule has 0 bridgehead atoms. The maximum Gasteiger partial charge on any atom is 0.333 e. The van der Waals surface area contributed by atoms with E-state index in [1.807, 2.05) is 54.6 Å². The quantitative estimate of drug-likeness (QED) is 0.362. The minimum Gasteiger partial charge on any atom is -0.383 e. The second kappa shape index (κ2) is 9.39. The number of hydrogen-bond donors (Lipinski definition) is 1. The molecule has 35 heavy (non-hydrogen) atoms. The van der Waals surface area contributed by atoms with Crippen molar-refractivity contribution in [2.24, 2.45) is 0 Å². The van der Waals surface area contributed by atoms with Gasteiger partial charge < -0.3 is 9.30 Å². The first-order valence-corrected chi connectivity index (χ1v) is 11.0. The summed E-state index contributed by atoms with van der Waals surface area (Å²) in [6.07, 6.45) is 2.98. The van der Waals surface area contributed by atoms with Crippen LogP contribution >= 0.6 is 0 Å². The zero-order valence-electron chi connectivity index (χ0n) is 19.0. The Bertz CT molecular complexity index is 1630. The molecule has 0 saturated heterocycles. The summed E-state index contributed by atoms with van der Waals surface area (Å²) in [5, 5.41) is 0. The Hall–Kier alpha value is -4.51. The average Bonchev–Trinajstić information content (AvgIpc) is 3.48. The highest BCUT2D eigenvalue weighted by atomic mass is 16.5. The standard InChI is InChI=1S/C24H23N7O4/c1-35-12-11-28-15-26-22-21(28)23(33)30(24(34)29(22)13-17-7-3-2-4-8-17)14-20(32)27-31-16-25-18-9-5-6-10-19(18)31/h2-10,15-16H,11-14H2,1H3,(H,27,32). The Morgan fingerprint density at radius 2 is 1.74 bits per heavy atom. The van der Waals surface area contributed by atoms with Crippen LogP contribution in [-0.2, 0) is 29.2 Å². The van der Waals surface area contributed by atoms with E-state index >= 15 is 0 Å². The average molecular weight is 473 g/mol. The van der Waals surface area contributed by atoms with Gasteiger partial charge in [-0.2, -0.15) is 0 Å². The van der Waals surface area contributed by atoms with Crippen LogP contribution in [0.15, 0.2) is 76.8 Å². The largest absolute Gasteiger partial charge is 0.383 e. The molecule has 11 heteroatoms. The Balaban J connectivity index is 1.56. The first-order valence-electron chi connectivity index (χ1n) is 11.0. The van der Waals surface area contributed by atoms with Crippen LogP contribution < -0.4 is 16.7 Å². The lowest BCUT2D eigenvalue weighted by atomic mass is 10.2. The molecule has 0 saturated carbocycles. The minimum atomic E-state index is -0.617. The molecule has 0 aliphatic heterocycles. The van der Waals surface area contributed by atoms with Crippen LogP contribution in [-0.4, -0.2) is 48.0 Å². The van der Waals surface area contributed by atoms with Gasteiger partial charge in [0.2, 0.25) is 0 Å². The van der Waals surface area contributed by atoms with Crippen molar-refractivity contribution >= 4 is 28.1 Å². The first kappa shape index (κ1) is 22.3. The zero-order chi connectivity index (χ0) is 24.4. The summed E-state index contributed by atoms with van der Waals surface area (Å²) < 4.78 is 10.6. The number of methoxy groups -OCH3 is 1. The number of rotatable bonds is 8. The van der Waals surface area contributed by atoms with Crippen LogP contribution in [0, 0.1) is 0 Å². The van der Waals surface area contributed by atoms with Crippen molar-refractivity contribution in [3.63, 3.8) is 0 Å². The predicted molar refractivity (Wildman–Crippen MR) is 130 cm³/mol. The Morgan fingerprint density at radius 1 is 0.971 bits per heavy atom. The molecule has 11 nitrogen and oxygen atoms in total. The van der Waals surface area contributed by atoms with E-state index in [1.54, 1.807) is 11.7 Å². The number of ether oxygens (including phenoxy) is 1. The Morgan fingerprint density at radius 3 is 2.54 bits per heavy atom. The molecule has 0 unspecified atom stereocenters. The second-order valence-corrected chi connectivity index (χ2v) is 7.99. The van der Waals surface area contributed by atoms with Crippen molar-refractivity contribution in [2.45, 2.75) is 19.6 Å². The molecule has 178 valence electrons. The van der Waals surface area contributed by atoms with Gasteiger partial charge in [0.15, 0.2) is 11.2 Å². The fourth-order valence-electron chi connectivity index (χ4n) is 4.01. The first-order chi connectivity index (χ1) is 17.1. The van der Waals surface area contributed by atoms with Gasteiger partial charge in [0.05, 0.1) is 30.5 Å². The number of fused-ring (bicyclic) bond motifs is 2. The number of carbonyl (C=O) groups is 1. The zero-order valence-corrected chi connectivity index (χ0v) is 19.0. The van der Waals surface area contributed by atoms with Crippen molar-refractivity contribution in [1.82, 2.24) is 28.3 Å². The highest BCUT2D eigenvalue weighted by Gasteiger charge is 2.20. The number of aromatic nitrogens is 6. The van der Waals surface area contributed by atoms with E-state index in [1.165, 1.54) is 21.9 Å². The van der Waals surface area contributed by atoms with Crippen molar-refractivity contribution in [3.8, 4) is 0 Å². The number of nitrogens with one attached hydrogen (secondary N) is 1. The van der Waals surface area contributed by atoms with E-state index < -0.39 is 23.7 Å². The predicted octanol–water partition coefficient (Wildman–Crippen LogP) is 1.17. The molecule has 5 rings (SSSR count). The summed E-state index contributed by atoms with van der Waals surface area (Å²) >= 11 is 0. The van der Waals surface area contributed by atoms with Crippen molar-refractivity contribution in [1.29, 1.82) is 0 Å². The van der Waals surface area contributed by atoms with E-state index in [9.17, 15) is 14.4 Å². The lowest BCUT2D eigenvalue weighted by Gasteiger charge is -2.13. The molecule has 2 aromatic carbocycles. The van der Waals surface area contributed by atoms with Gasteiger partial charge in [0.1, 0.15) is 12.9 Å². The third-order valence-electron chi connectivity index (χ3n) is 5.70. The van der Waals surface area contributed by atoms with E-state index in [0.717, 1.165) is 10.1 Å². The maximum absolute atomic E-state index is 13.4. The SMILES string of the molecule is COCCn1cnc2c1c(=O)n(CC(=O)Nn1cnc3ccccc31)c(=O)n2Cc1ccccc1. The lowest BCUT2D eigenvalue weighted by molar-refractivity contribution is -0.117. The minimum absolute atomic E-state index is 0.200. The third-order valence-corrected chi connectivity index (χ3v) is 5.70. The molecule has 5 aromatic rings. The maximum atomic E-state index is 13.4. The highest BCUT2D eigenvalue weighted by molar-refractivity contribution is 5.86. The number of carbonyl (C=O) groups excluding carboxylic acids is 1. The topological polar surface area (TPSA) is 118 Å². The third kappa shape index (κ3) is 4.24. The molecule has 0 fully saturated rings. The molecule has 0 aliphatic rings. The van der Waals surface area contributed by atoms with Gasteiger partial charge in [-0.25, -0.2) is 24.0 Å². The Kier molecular flexibility index (Phi) is 5.98. The molecule has 3 heterocycles. The van der Waals surface area contributed by atoms with Crippen LogP contribution in [0.25, 0.3) is 22.2 Å². The highest BCUT2D eigenvalue weighted by Crippen LogP contribution is 2.11. The number of hydrogen-bond acceptors (Lipinski definition) is 6. The molecular weight excluding hydrogens is 450 g/mol. The number of amides is 1. The molecule has 0 aliphatic carbocycles. The van der Waals surface area contributed by atoms with Gasteiger partial charge in [-0.1, -0.05) is 42.5 Å². The number of imidazole rings is 2. The van der Waals surface area contributed by atoms with E-state index in [2.05, 4.69) is 15.4 Å². The number of nitrogens with zero attached hydrogens (tertiary/aromatic N) is 6. The second-order valence-electron chi connectivity index (χ2n) is 7.99. The van der Waals surface area contributed by atoms with Gasteiger partial charge in [0, 0.05) is 13.7 Å². The molecule has 1 N–H and O–H groups in total. The molecule has 1 amide bonds. The fraction of sp³-hybridized carbons (Fsp3) is 0.208. The molecule has 0 spiro atoms. The van der Waals surface area contributed by atoms with Gasteiger partial charge in [-0.05, 0) is 17.7 Å². The van der Waals surface area contributed by atoms with Crippen LogP contribution in [0.4, 0.5) is 0 Å². The normalized spacial score (nSPS) is 11.3. The van der Waals surface area contributed by atoms with Gasteiger partial charge in [-0.15, -0.1) is 0 Å². The van der Waals surface area contributed by atoms with Crippen molar-refractivity contribution in [2.75, 3.05) is 19.1 Å². The van der Waals surface area contributed by atoms with Gasteiger partial charge >= 0.3 is 5.69 Å². The van der Waals surface area contributed by atoms with E-state index in [4.69, 9.17) is 4.74 Å². The summed E-state index contributed by atoms with van der Waals surface area (Å²) in [6, 6.07) is 16.7. The van der Waals surface area contributed by atoms with Crippen LogP contribution in [0.5, 0.6) is 0 Å². The van der Waals surface area contributed by atoms with Crippen LogP contribution in [0.3, 0.4) is 0 Å². The number of benzene rings is 2. The monoisotopic (exact) mass is 473 g/mol. The molecule has 0 radical (unpaired) electrons. The summed E-state index contributed by atoms with van der Waals surface area (Å²) in [6.45, 7) is 0.464. The van der Waals surface area contributed by atoms with Crippen molar-refractivity contribution < 1.29 is 9.53 Å². The summed E-state index contributed by atoms with van der Waals surface area (Å²) in [7, 11) is 1.56. The van der Waals surface area contributed by atoms with Crippen LogP contribution in [0.1, 0.15) is 5.56 Å². The van der Waals surface area contributed by atoms with E-state index in [0.29, 0.717) is 24.2 Å². The van der Waals surface area contributed by atoms with Crippen LogP contribution in [0.2, 0.25) is 0 Å². The lowest BCUT2D eigenvalue weighted by Crippen LogP contribution is -2.44. The number of para-hydroxylation sites is 2.